The van der Waals surface area contributed by atoms with Crippen molar-refractivity contribution in [3.8, 4) is 0 Å². The second-order valence-electron chi connectivity index (χ2n) is 4.11. The molecular weight excluding hydrogens is 298 g/mol. The van der Waals surface area contributed by atoms with E-state index in [-0.39, 0.29) is 10.8 Å². The summed E-state index contributed by atoms with van der Waals surface area (Å²) >= 11 is 5.82. The summed E-state index contributed by atoms with van der Waals surface area (Å²) in [5.74, 6) is -1.31. The SMILES string of the molecule is CNC(c1ccc(F)c(C(F)(F)F)c1)c1ccoc1Cl. The Morgan fingerprint density at radius 3 is 2.45 bits per heavy atom. The number of benzene rings is 1. The number of furan rings is 1. The Morgan fingerprint density at radius 2 is 1.95 bits per heavy atom. The van der Waals surface area contributed by atoms with Crippen LogP contribution in [0.2, 0.25) is 5.22 Å². The molecule has 0 bridgehead atoms. The lowest BCUT2D eigenvalue weighted by Gasteiger charge is -2.17. The molecule has 0 aliphatic carbocycles. The molecule has 1 atom stereocenters. The monoisotopic (exact) mass is 307 g/mol. The van der Waals surface area contributed by atoms with E-state index >= 15 is 0 Å². The first-order valence-electron chi connectivity index (χ1n) is 5.61. The van der Waals surface area contributed by atoms with Gasteiger partial charge in [-0.2, -0.15) is 13.2 Å². The minimum atomic E-state index is -4.75. The quantitative estimate of drug-likeness (QED) is 0.850. The highest BCUT2D eigenvalue weighted by molar-refractivity contribution is 6.29. The smallest absolute Gasteiger partial charge is 0.419 e. The molecule has 0 saturated carbocycles. The molecule has 20 heavy (non-hydrogen) atoms. The van der Waals surface area contributed by atoms with E-state index in [1.54, 1.807) is 13.1 Å². The Balaban J connectivity index is 2.49. The number of halogens is 5. The van der Waals surface area contributed by atoms with Crippen LogP contribution in [0.5, 0.6) is 0 Å². The van der Waals surface area contributed by atoms with E-state index < -0.39 is 23.6 Å². The van der Waals surface area contributed by atoms with Gasteiger partial charge in [0.25, 0.3) is 0 Å². The van der Waals surface area contributed by atoms with E-state index in [4.69, 9.17) is 16.0 Å². The van der Waals surface area contributed by atoms with Gasteiger partial charge < -0.3 is 9.73 Å². The van der Waals surface area contributed by atoms with Gasteiger partial charge in [0.05, 0.1) is 17.9 Å². The Hall–Kier alpha value is -1.53. The van der Waals surface area contributed by atoms with Crippen LogP contribution in [0, 0.1) is 5.82 Å². The zero-order valence-electron chi connectivity index (χ0n) is 10.3. The molecule has 1 aromatic heterocycles. The van der Waals surface area contributed by atoms with Crippen molar-refractivity contribution in [2.45, 2.75) is 12.2 Å². The summed E-state index contributed by atoms with van der Waals surface area (Å²) in [5.41, 5.74) is -0.590. The van der Waals surface area contributed by atoms with Crippen molar-refractivity contribution in [3.05, 3.63) is 58.3 Å². The molecule has 0 radical (unpaired) electrons. The summed E-state index contributed by atoms with van der Waals surface area (Å²) in [6.07, 6.45) is -3.42. The average Bonchev–Trinajstić information content (AvgIpc) is 2.77. The van der Waals surface area contributed by atoms with Gasteiger partial charge in [-0.1, -0.05) is 6.07 Å². The lowest BCUT2D eigenvalue weighted by Crippen LogP contribution is -2.19. The van der Waals surface area contributed by atoms with Crippen molar-refractivity contribution in [3.63, 3.8) is 0 Å². The highest BCUT2D eigenvalue weighted by Gasteiger charge is 2.35. The van der Waals surface area contributed by atoms with Crippen LogP contribution in [0.4, 0.5) is 17.6 Å². The molecule has 0 aliphatic heterocycles. The Bertz CT molecular complexity index is 609. The minimum absolute atomic E-state index is 0.0715. The molecule has 1 N–H and O–H groups in total. The highest BCUT2D eigenvalue weighted by Crippen LogP contribution is 2.35. The normalized spacial score (nSPS) is 13.5. The largest absolute Gasteiger partial charge is 0.453 e. The first-order valence-corrected chi connectivity index (χ1v) is 5.99. The second-order valence-corrected chi connectivity index (χ2v) is 4.45. The first-order chi connectivity index (χ1) is 9.34. The van der Waals surface area contributed by atoms with E-state index in [1.165, 1.54) is 12.3 Å². The van der Waals surface area contributed by atoms with E-state index in [9.17, 15) is 17.6 Å². The molecule has 0 spiro atoms. The third-order valence-electron chi connectivity index (χ3n) is 2.87. The van der Waals surface area contributed by atoms with Gasteiger partial charge in [0, 0.05) is 5.56 Å². The number of hydrogen-bond acceptors (Lipinski definition) is 2. The lowest BCUT2D eigenvalue weighted by molar-refractivity contribution is -0.140. The standard InChI is InChI=1S/C13H10ClF4NO/c1-19-11(8-4-5-20-12(8)14)7-2-3-10(15)9(6-7)13(16,17)18/h2-6,11,19H,1H3. The van der Waals surface area contributed by atoms with Crippen molar-refractivity contribution in [2.75, 3.05) is 7.05 Å². The van der Waals surface area contributed by atoms with Crippen molar-refractivity contribution in [2.24, 2.45) is 0 Å². The van der Waals surface area contributed by atoms with Gasteiger partial charge in [-0.15, -0.1) is 0 Å². The maximum atomic E-state index is 13.3. The van der Waals surface area contributed by atoms with Crippen LogP contribution < -0.4 is 5.32 Å². The van der Waals surface area contributed by atoms with E-state index in [2.05, 4.69) is 5.32 Å². The Morgan fingerprint density at radius 1 is 1.25 bits per heavy atom. The summed E-state index contributed by atoms with van der Waals surface area (Å²) < 4.78 is 56.3. The zero-order valence-corrected chi connectivity index (χ0v) is 11.0. The lowest BCUT2D eigenvalue weighted by atomic mass is 9.99. The van der Waals surface area contributed by atoms with Crippen LogP contribution in [0.25, 0.3) is 0 Å². The molecule has 2 aromatic rings. The molecular formula is C13H10ClF4NO. The van der Waals surface area contributed by atoms with Crippen molar-refractivity contribution in [1.82, 2.24) is 5.32 Å². The van der Waals surface area contributed by atoms with Gasteiger partial charge in [0.2, 0.25) is 0 Å². The molecule has 108 valence electrons. The van der Waals surface area contributed by atoms with Crippen molar-refractivity contribution >= 4 is 11.6 Å². The molecule has 0 fully saturated rings. The molecule has 1 unspecified atom stereocenters. The van der Waals surface area contributed by atoms with Gasteiger partial charge in [-0.25, -0.2) is 4.39 Å². The van der Waals surface area contributed by atoms with E-state index in [0.29, 0.717) is 5.56 Å². The second kappa shape index (κ2) is 5.46. The Kier molecular flexibility index (Phi) is 4.06. The number of alkyl halides is 3. The fourth-order valence-corrected chi connectivity index (χ4v) is 2.18. The molecule has 1 heterocycles. The fraction of sp³-hybridized carbons (Fsp3) is 0.231. The summed E-state index contributed by atoms with van der Waals surface area (Å²) in [6.45, 7) is 0. The van der Waals surface area contributed by atoms with Crippen LogP contribution >= 0.6 is 11.6 Å². The zero-order chi connectivity index (χ0) is 14.9. The fourth-order valence-electron chi connectivity index (χ4n) is 1.95. The molecule has 2 nitrogen and oxygen atoms in total. The van der Waals surface area contributed by atoms with Crippen molar-refractivity contribution in [1.29, 1.82) is 0 Å². The number of nitrogens with one attached hydrogen (secondary N) is 1. The molecule has 0 amide bonds. The van der Waals surface area contributed by atoms with Gasteiger partial charge >= 0.3 is 6.18 Å². The minimum Gasteiger partial charge on any atom is -0.453 e. The molecule has 0 saturated heterocycles. The van der Waals surface area contributed by atoms with E-state index in [0.717, 1.165) is 12.1 Å². The number of rotatable bonds is 3. The first kappa shape index (κ1) is 14.9. The van der Waals surface area contributed by atoms with Crippen LogP contribution in [-0.2, 0) is 6.18 Å². The van der Waals surface area contributed by atoms with Crippen LogP contribution in [0.1, 0.15) is 22.7 Å². The molecule has 0 aliphatic rings. The molecule has 1 aromatic carbocycles. The van der Waals surface area contributed by atoms with E-state index in [1.807, 2.05) is 0 Å². The average molecular weight is 308 g/mol. The van der Waals surface area contributed by atoms with Gasteiger partial charge in [-0.05, 0) is 42.4 Å². The van der Waals surface area contributed by atoms with Crippen LogP contribution in [0.15, 0.2) is 34.9 Å². The predicted octanol–water partition coefficient (Wildman–Crippen LogP) is 4.40. The summed E-state index contributed by atoms with van der Waals surface area (Å²) in [4.78, 5) is 0. The van der Waals surface area contributed by atoms with Crippen LogP contribution in [-0.4, -0.2) is 7.05 Å². The molecule has 7 heteroatoms. The third kappa shape index (κ3) is 2.81. The van der Waals surface area contributed by atoms with Gasteiger partial charge in [0.15, 0.2) is 5.22 Å². The van der Waals surface area contributed by atoms with Gasteiger partial charge in [-0.3, -0.25) is 0 Å². The third-order valence-corrected chi connectivity index (χ3v) is 3.18. The van der Waals surface area contributed by atoms with Crippen molar-refractivity contribution < 1.29 is 22.0 Å². The number of hydrogen-bond donors (Lipinski definition) is 1. The summed E-state index contributed by atoms with van der Waals surface area (Å²) in [7, 11) is 1.56. The highest BCUT2D eigenvalue weighted by atomic mass is 35.5. The predicted molar refractivity (Wildman–Crippen MR) is 66.0 cm³/mol. The topological polar surface area (TPSA) is 25.2 Å². The Labute approximate surface area is 117 Å². The summed E-state index contributed by atoms with van der Waals surface area (Å²) in [5, 5.41) is 2.90. The molecule has 2 rings (SSSR count). The maximum absolute atomic E-state index is 13.3. The van der Waals surface area contributed by atoms with Crippen LogP contribution in [0.3, 0.4) is 0 Å². The summed E-state index contributed by atoms with van der Waals surface area (Å²) in [6, 6.07) is 3.74. The maximum Gasteiger partial charge on any atom is 0.419 e. The van der Waals surface area contributed by atoms with Gasteiger partial charge in [0.1, 0.15) is 5.82 Å².